The molecule has 4 heteroatoms. The fourth-order valence-electron chi connectivity index (χ4n) is 0.419. The number of pyridine rings is 1. The zero-order chi connectivity index (χ0) is 5.98. The average Bonchev–Trinajstić information content (AvgIpc) is 1.77. The van der Waals surface area contributed by atoms with E-state index in [1.54, 1.807) is 18.2 Å². The Kier molecular flexibility index (Phi) is 3.84. The maximum Gasteiger partial charge on any atom is 2.00 e. The molecule has 0 saturated heterocycles. The molecule has 0 unspecified atom stereocenters. The van der Waals surface area contributed by atoms with Crippen molar-refractivity contribution < 1.29 is 5.21 Å². The maximum absolute atomic E-state index is 8.73. The van der Waals surface area contributed by atoms with Crippen LogP contribution in [0.3, 0.4) is 0 Å². The van der Waals surface area contributed by atoms with Crippen LogP contribution in [0.4, 0.5) is 0 Å². The zero-order valence-electron chi connectivity index (χ0n) is 4.82. The van der Waals surface area contributed by atoms with E-state index in [1.807, 2.05) is 0 Å². The summed E-state index contributed by atoms with van der Waals surface area (Å²) in [5.41, 5.74) is 0. The molecule has 1 aromatic rings. The summed E-state index contributed by atoms with van der Waals surface area (Å²) in [5, 5.41) is 8.73. The van der Waals surface area contributed by atoms with Gasteiger partial charge in [0.05, 0.1) is 0 Å². The molecule has 42 valence electrons. The van der Waals surface area contributed by atoms with Crippen molar-refractivity contribution in [3.05, 3.63) is 29.0 Å². The Morgan fingerprint density at radius 1 is 1.44 bits per heavy atom. The minimum atomic E-state index is 0. The Morgan fingerprint density at radius 2 is 2.11 bits per heavy atom. The Bertz CT molecular complexity index is 234. The molecule has 0 spiro atoms. The van der Waals surface area contributed by atoms with Gasteiger partial charge in [0, 0.05) is 6.20 Å². The van der Waals surface area contributed by atoms with Crippen LogP contribution in [0.25, 0.3) is 0 Å². The minimum Gasteiger partial charge on any atom is -0.428 e. The molecule has 1 N–H and O–H groups in total. The van der Waals surface area contributed by atoms with Crippen LogP contribution in [0.15, 0.2) is 24.4 Å². The second kappa shape index (κ2) is 3.87. The number of hydrogen-bond acceptors (Lipinski definition) is 2. The first-order valence-corrected chi connectivity index (χ1v) is 2.58. The van der Waals surface area contributed by atoms with Crippen molar-refractivity contribution >= 4 is 35.3 Å². The van der Waals surface area contributed by atoms with E-state index in [0.717, 1.165) is 4.73 Å². The largest absolute Gasteiger partial charge is 2.00 e. The van der Waals surface area contributed by atoms with Crippen LogP contribution in [0, 0.1) is 4.64 Å². The molecule has 0 aromatic carbocycles. The fourth-order valence-corrected chi connectivity index (χ4v) is 0.558. The molecular formula is C5H5MgNOS+2. The predicted molar refractivity (Wildman–Crippen MR) is 38.2 cm³/mol. The monoisotopic (exact) mass is 151 g/mol. The van der Waals surface area contributed by atoms with Gasteiger partial charge in [-0.1, -0.05) is 18.3 Å². The third-order valence-electron chi connectivity index (χ3n) is 0.803. The van der Waals surface area contributed by atoms with Gasteiger partial charge in [0.2, 0.25) is 0 Å². The summed E-state index contributed by atoms with van der Waals surface area (Å²) in [6.07, 6.45) is 1.49. The molecule has 0 atom stereocenters. The molecule has 2 nitrogen and oxygen atoms in total. The van der Waals surface area contributed by atoms with Gasteiger partial charge in [0.15, 0.2) is 0 Å². The fraction of sp³-hybridized carbons (Fsp3) is 0. The zero-order valence-corrected chi connectivity index (χ0v) is 7.05. The second-order valence-electron chi connectivity index (χ2n) is 1.38. The average molecular weight is 151 g/mol. The first-order chi connectivity index (χ1) is 3.80. The van der Waals surface area contributed by atoms with E-state index in [2.05, 4.69) is 12.2 Å². The van der Waals surface area contributed by atoms with Crippen molar-refractivity contribution in [1.82, 2.24) is 4.73 Å². The van der Waals surface area contributed by atoms with E-state index < -0.39 is 0 Å². The third kappa shape index (κ3) is 2.34. The first-order valence-electron chi connectivity index (χ1n) is 2.17. The third-order valence-corrected chi connectivity index (χ3v) is 1.13. The quantitative estimate of drug-likeness (QED) is 0.341. The summed E-state index contributed by atoms with van der Waals surface area (Å²) in [6, 6.07) is 5.13. The van der Waals surface area contributed by atoms with Gasteiger partial charge in [-0.2, -0.15) is 4.73 Å². The maximum atomic E-state index is 8.73. The van der Waals surface area contributed by atoms with Gasteiger partial charge >= 0.3 is 23.1 Å². The van der Waals surface area contributed by atoms with Gasteiger partial charge in [-0.05, 0) is 12.1 Å². The van der Waals surface area contributed by atoms with Crippen LogP contribution >= 0.6 is 12.2 Å². The van der Waals surface area contributed by atoms with Gasteiger partial charge in [-0.25, -0.2) is 0 Å². The van der Waals surface area contributed by atoms with Crippen molar-refractivity contribution in [2.24, 2.45) is 0 Å². The molecule has 9 heavy (non-hydrogen) atoms. The number of nitrogens with zero attached hydrogens (tertiary/aromatic N) is 1. The van der Waals surface area contributed by atoms with Gasteiger partial charge in [0.25, 0.3) is 0 Å². The van der Waals surface area contributed by atoms with Crippen LogP contribution in [0.2, 0.25) is 0 Å². The molecule has 0 aliphatic carbocycles. The first kappa shape index (κ1) is 8.94. The topological polar surface area (TPSA) is 25.2 Å². The smallest absolute Gasteiger partial charge is 0.428 e. The molecule has 1 heterocycles. The SMILES string of the molecule is On1ccccc1=S.[Mg+2]. The Morgan fingerprint density at radius 3 is 2.44 bits per heavy atom. The van der Waals surface area contributed by atoms with E-state index in [1.165, 1.54) is 6.20 Å². The second-order valence-corrected chi connectivity index (χ2v) is 1.80. The van der Waals surface area contributed by atoms with Gasteiger partial charge in [0.1, 0.15) is 4.64 Å². The Labute approximate surface area is 74.2 Å². The summed E-state index contributed by atoms with van der Waals surface area (Å²) in [6.45, 7) is 0. The number of rotatable bonds is 0. The van der Waals surface area contributed by atoms with E-state index >= 15 is 0 Å². The van der Waals surface area contributed by atoms with Gasteiger partial charge in [-0.15, -0.1) is 0 Å². The molecule has 0 fully saturated rings. The molecule has 0 saturated carbocycles. The number of hydrogen-bond donors (Lipinski definition) is 1. The molecular weight excluding hydrogens is 146 g/mol. The van der Waals surface area contributed by atoms with Gasteiger partial charge < -0.3 is 5.21 Å². The summed E-state index contributed by atoms with van der Waals surface area (Å²) >= 11 is 4.67. The van der Waals surface area contributed by atoms with Gasteiger partial charge in [-0.3, -0.25) is 0 Å². The number of aromatic nitrogens is 1. The predicted octanol–water partition coefficient (Wildman–Crippen LogP) is 1.07. The van der Waals surface area contributed by atoms with Crippen molar-refractivity contribution in [3.63, 3.8) is 0 Å². The van der Waals surface area contributed by atoms with Crippen LogP contribution < -0.4 is 0 Å². The normalized spacial score (nSPS) is 8.00. The Balaban J connectivity index is 0.000000640. The van der Waals surface area contributed by atoms with E-state index in [4.69, 9.17) is 5.21 Å². The standard InChI is InChI=1S/C5H5NOS.Mg/c7-6-4-2-1-3-5(6)8;/h1-4,7H;/q;+2. The van der Waals surface area contributed by atoms with Crippen molar-refractivity contribution in [2.75, 3.05) is 0 Å². The van der Waals surface area contributed by atoms with Crippen molar-refractivity contribution in [1.29, 1.82) is 0 Å². The Hall–Kier alpha value is -0.0638. The van der Waals surface area contributed by atoms with Crippen LogP contribution in [0.1, 0.15) is 0 Å². The van der Waals surface area contributed by atoms with Crippen molar-refractivity contribution in [3.8, 4) is 0 Å². The van der Waals surface area contributed by atoms with Crippen LogP contribution in [-0.4, -0.2) is 33.0 Å². The molecule has 0 amide bonds. The summed E-state index contributed by atoms with van der Waals surface area (Å²) in [4.78, 5) is 0. The molecule has 0 bridgehead atoms. The van der Waals surface area contributed by atoms with E-state index in [0.29, 0.717) is 4.64 Å². The molecule has 0 aliphatic rings. The van der Waals surface area contributed by atoms with Crippen LogP contribution in [0.5, 0.6) is 0 Å². The summed E-state index contributed by atoms with van der Waals surface area (Å²) < 4.78 is 1.32. The molecule has 1 rings (SSSR count). The summed E-state index contributed by atoms with van der Waals surface area (Å²) in [7, 11) is 0. The summed E-state index contributed by atoms with van der Waals surface area (Å²) in [5.74, 6) is 0. The minimum absolute atomic E-state index is 0. The molecule has 1 aromatic heterocycles. The van der Waals surface area contributed by atoms with E-state index in [-0.39, 0.29) is 23.1 Å². The van der Waals surface area contributed by atoms with Crippen molar-refractivity contribution in [2.45, 2.75) is 0 Å². The van der Waals surface area contributed by atoms with E-state index in [9.17, 15) is 0 Å². The van der Waals surface area contributed by atoms with Crippen LogP contribution in [-0.2, 0) is 0 Å². The molecule has 0 radical (unpaired) electrons. The molecule has 0 aliphatic heterocycles.